The summed E-state index contributed by atoms with van der Waals surface area (Å²) in [6.45, 7) is 0.325. The smallest absolute Gasteiger partial charge is 0.328 e. The minimum Gasteiger partial charge on any atom is -0.478 e. The first-order chi connectivity index (χ1) is 9.72. The molecule has 5 N–H and O–H groups in total. The van der Waals surface area contributed by atoms with Crippen molar-refractivity contribution < 1.29 is 29.3 Å². The van der Waals surface area contributed by atoms with Gasteiger partial charge in [0, 0.05) is 25.7 Å². The maximum absolute atomic E-state index is 12.5. The normalized spacial score (nSPS) is 11.9. The maximum atomic E-state index is 12.5. The molecule has 1 rings (SSSR count). The first-order valence-electron chi connectivity index (χ1n) is 5.75. The van der Waals surface area contributed by atoms with Crippen LogP contribution in [0, 0.1) is 5.82 Å². The molecule has 8 heteroatoms. The first-order valence-corrected chi connectivity index (χ1v) is 5.75. The van der Waals surface area contributed by atoms with E-state index in [1.165, 1.54) is 17.1 Å². The number of benzene rings is 1. The second-order valence-corrected chi connectivity index (χ2v) is 4.02. The van der Waals surface area contributed by atoms with Gasteiger partial charge in [0.2, 0.25) is 0 Å². The summed E-state index contributed by atoms with van der Waals surface area (Å²) in [6, 6.07) is 5.72. The third-order valence-corrected chi connectivity index (χ3v) is 2.08. The van der Waals surface area contributed by atoms with Gasteiger partial charge < -0.3 is 15.3 Å². The Hall–Kier alpha value is -2.29. The molecule has 0 saturated carbocycles. The molecular formula is C13H17FN2O5. The Morgan fingerprint density at radius 1 is 1.24 bits per heavy atom. The number of aliphatic hydroxyl groups excluding tert-OH is 1. The second kappa shape index (κ2) is 9.59. The number of carboxylic acids is 2. The van der Waals surface area contributed by atoms with Crippen molar-refractivity contribution in [1.82, 2.24) is 5.01 Å². The van der Waals surface area contributed by atoms with Crippen LogP contribution < -0.4 is 5.84 Å². The van der Waals surface area contributed by atoms with Crippen LogP contribution in [0.25, 0.3) is 0 Å². The fourth-order valence-corrected chi connectivity index (χ4v) is 1.21. The van der Waals surface area contributed by atoms with E-state index >= 15 is 0 Å². The largest absolute Gasteiger partial charge is 0.478 e. The zero-order valence-corrected chi connectivity index (χ0v) is 11.3. The van der Waals surface area contributed by atoms with Crippen molar-refractivity contribution in [2.24, 2.45) is 5.84 Å². The van der Waals surface area contributed by atoms with Gasteiger partial charge in [-0.3, -0.25) is 5.84 Å². The van der Waals surface area contributed by atoms with E-state index in [1.54, 1.807) is 19.2 Å². The quantitative estimate of drug-likeness (QED) is 0.352. The van der Waals surface area contributed by atoms with Gasteiger partial charge >= 0.3 is 11.9 Å². The fourth-order valence-electron chi connectivity index (χ4n) is 1.21. The Morgan fingerprint density at radius 2 is 1.67 bits per heavy atom. The highest BCUT2D eigenvalue weighted by atomic mass is 19.1. The molecule has 1 aromatic rings. The Kier molecular flexibility index (Phi) is 8.54. The Bertz CT molecular complexity index is 472. The summed E-state index contributed by atoms with van der Waals surface area (Å²) < 4.78 is 12.5. The number of rotatable bonds is 5. The molecule has 1 aromatic carbocycles. The van der Waals surface area contributed by atoms with Crippen LogP contribution in [0.4, 0.5) is 4.39 Å². The van der Waals surface area contributed by atoms with Gasteiger partial charge in [-0.2, -0.15) is 0 Å². The summed E-state index contributed by atoms with van der Waals surface area (Å²) in [7, 11) is 1.66. The molecule has 0 heterocycles. The highest BCUT2D eigenvalue weighted by Gasteiger charge is 2.08. The molecular weight excluding hydrogens is 283 g/mol. The number of nitrogens with two attached hydrogens (primary N) is 1. The monoisotopic (exact) mass is 300 g/mol. The zero-order chi connectivity index (χ0) is 16.4. The van der Waals surface area contributed by atoms with E-state index in [0.717, 1.165) is 0 Å². The topological polar surface area (TPSA) is 124 Å². The molecule has 0 aliphatic rings. The van der Waals surface area contributed by atoms with E-state index < -0.39 is 18.0 Å². The zero-order valence-electron chi connectivity index (χ0n) is 11.3. The summed E-state index contributed by atoms with van der Waals surface area (Å²) >= 11 is 0. The fraction of sp³-hybridized carbons (Fsp3) is 0.231. The molecule has 21 heavy (non-hydrogen) atoms. The molecule has 0 spiro atoms. The van der Waals surface area contributed by atoms with Gasteiger partial charge in [0.25, 0.3) is 0 Å². The number of likely N-dealkylation sites (N-methyl/N-ethyl adjacent to an activating group) is 1. The first kappa shape index (κ1) is 18.7. The predicted molar refractivity (Wildman–Crippen MR) is 72.6 cm³/mol. The minimum atomic E-state index is -1.26. The van der Waals surface area contributed by atoms with Gasteiger partial charge in [-0.25, -0.2) is 19.0 Å². The lowest BCUT2D eigenvalue weighted by Crippen LogP contribution is -2.30. The van der Waals surface area contributed by atoms with E-state index in [1.807, 2.05) is 0 Å². The lowest BCUT2D eigenvalue weighted by Gasteiger charge is -2.15. The number of nitrogens with zero attached hydrogens (tertiary/aromatic N) is 1. The van der Waals surface area contributed by atoms with Crippen LogP contribution in [0.3, 0.4) is 0 Å². The predicted octanol–water partition coefficient (Wildman–Crippen LogP) is 0.376. The van der Waals surface area contributed by atoms with Gasteiger partial charge in [-0.1, -0.05) is 12.1 Å². The van der Waals surface area contributed by atoms with E-state index in [9.17, 15) is 19.1 Å². The van der Waals surface area contributed by atoms with Gasteiger partial charge in [0.05, 0.1) is 6.10 Å². The van der Waals surface area contributed by atoms with Gasteiger partial charge in [-0.15, -0.1) is 0 Å². The lowest BCUT2D eigenvalue weighted by atomic mass is 10.1. The molecule has 0 radical (unpaired) electrons. The summed E-state index contributed by atoms with van der Waals surface area (Å²) in [4.78, 5) is 19.1. The third kappa shape index (κ3) is 10.2. The van der Waals surface area contributed by atoms with Crippen LogP contribution in [0.5, 0.6) is 0 Å². The molecule has 1 unspecified atom stereocenters. The van der Waals surface area contributed by atoms with Crippen molar-refractivity contribution in [2.45, 2.75) is 6.10 Å². The van der Waals surface area contributed by atoms with Crippen LogP contribution in [-0.2, 0) is 9.59 Å². The average molecular weight is 300 g/mol. The summed E-state index contributed by atoms with van der Waals surface area (Å²) in [5, 5.41) is 26.5. The molecule has 0 fully saturated rings. The maximum Gasteiger partial charge on any atom is 0.328 e. The van der Waals surface area contributed by atoms with Gasteiger partial charge in [0.15, 0.2) is 0 Å². The third-order valence-electron chi connectivity index (χ3n) is 2.08. The number of aliphatic hydroxyl groups is 1. The molecule has 0 amide bonds. The number of carbonyl (C=O) groups is 2. The molecule has 1 atom stereocenters. The van der Waals surface area contributed by atoms with Gasteiger partial charge in [0.1, 0.15) is 5.82 Å². The Balaban J connectivity index is 0.000000433. The highest BCUT2D eigenvalue weighted by molar-refractivity contribution is 5.89. The van der Waals surface area contributed by atoms with Crippen molar-refractivity contribution in [3.63, 3.8) is 0 Å². The van der Waals surface area contributed by atoms with E-state index in [2.05, 4.69) is 0 Å². The molecule has 116 valence electrons. The lowest BCUT2D eigenvalue weighted by molar-refractivity contribution is -0.134. The molecule has 0 aliphatic heterocycles. The number of halogens is 1. The van der Waals surface area contributed by atoms with Crippen molar-refractivity contribution >= 4 is 11.9 Å². The number of aliphatic carboxylic acids is 2. The SMILES string of the molecule is CN(N)CC(O)c1ccc(F)cc1.O=C(O)/C=C\C(=O)O. The van der Waals surface area contributed by atoms with Crippen molar-refractivity contribution in [3.8, 4) is 0 Å². The van der Waals surface area contributed by atoms with Gasteiger partial charge in [-0.05, 0) is 17.7 Å². The number of carboxylic acid groups (broad SMARTS) is 2. The molecule has 0 aromatic heterocycles. The van der Waals surface area contributed by atoms with Crippen LogP contribution in [0.2, 0.25) is 0 Å². The Labute approximate surface area is 120 Å². The minimum absolute atomic E-state index is 0.308. The molecule has 0 saturated heterocycles. The van der Waals surface area contributed by atoms with E-state index in [4.69, 9.17) is 16.1 Å². The number of hydrogen-bond acceptors (Lipinski definition) is 5. The standard InChI is InChI=1S/C9H13FN2O.C4H4O4/c1-12(11)6-9(13)7-2-4-8(10)5-3-7;5-3(6)1-2-4(7)8/h2-5,9,13H,6,11H2,1H3;1-2H,(H,5,6)(H,7,8)/b;2-1-. The summed E-state index contributed by atoms with van der Waals surface area (Å²) in [6.07, 6.45) is 0.445. The molecule has 0 bridgehead atoms. The van der Waals surface area contributed by atoms with Crippen LogP contribution in [0.15, 0.2) is 36.4 Å². The van der Waals surface area contributed by atoms with Crippen LogP contribution in [0.1, 0.15) is 11.7 Å². The van der Waals surface area contributed by atoms with E-state index in [0.29, 0.717) is 24.3 Å². The van der Waals surface area contributed by atoms with Crippen molar-refractivity contribution in [3.05, 3.63) is 47.8 Å². The number of hydrogen-bond donors (Lipinski definition) is 4. The molecule has 7 nitrogen and oxygen atoms in total. The highest BCUT2D eigenvalue weighted by Crippen LogP contribution is 2.13. The van der Waals surface area contributed by atoms with Crippen LogP contribution >= 0.6 is 0 Å². The number of hydrazine groups is 1. The summed E-state index contributed by atoms with van der Waals surface area (Å²) in [5.74, 6) is 2.54. The van der Waals surface area contributed by atoms with Crippen LogP contribution in [-0.4, -0.2) is 45.9 Å². The Morgan fingerprint density at radius 3 is 2.00 bits per heavy atom. The second-order valence-electron chi connectivity index (χ2n) is 4.02. The molecule has 0 aliphatic carbocycles. The summed E-state index contributed by atoms with van der Waals surface area (Å²) in [5.41, 5.74) is 0.665. The van der Waals surface area contributed by atoms with Crippen molar-refractivity contribution in [2.75, 3.05) is 13.6 Å². The van der Waals surface area contributed by atoms with Crippen molar-refractivity contribution in [1.29, 1.82) is 0 Å². The van der Waals surface area contributed by atoms with E-state index in [-0.39, 0.29) is 5.82 Å². The average Bonchev–Trinajstić information content (AvgIpc) is 2.37.